The van der Waals surface area contributed by atoms with Crippen molar-refractivity contribution in [3.63, 3.8) is 0 Å². The monoisotopic (exact) mass is 251 g/mol. The van der Waals surface area contributed by atoms with Crippen LogP contribution in [-0.2, 0) is 6.54 Å². The number of nitrogens with zero attached hydrogens (tertiary/aromatic N) is 2. The Kier molecular flexibility index (Phi) is 2.65. The average molecular weight is 252 g/mol. The van der Waals surface area contributed by atoms with Crippen molar-refractivity contribution in [3.8, 4) is 5.69 Å². The smallest absolute Gasteiger partial charge is 0.0656 e. The summed E-state index contributed by atoms with van der Waals surface area (Å²) in [6.07, 6.45) is 3.66. The van der Waals surface area contributed by atoms with Crippen LogP contribution in [-0.4, -0.2) is 9.78 Å². The molecule has 0 radical (unpaired) electrons. The number of aromatic nitrogens is 2. The first kappa shape index (κ1) is 9.43. The van der Waals surface area contributed by atoms with Gasteiger partial charge in [0.15, 0.2) is 0 Å². The molecule has 3 nitrogen and oxygen atoms in total. The molecule has 2 aromatic rings. The van der Waals surface area contributed by atoms with Crippen molar-refractivity contribution in [2.45, 2.75) is 6.54 Å². The molecule has 0 unspecified atom stereocenters. The van der Waals surface area contributed by atoms with Gasteiger partial charge >= 0.3 is 0 Å². The fourth-order valence-electron chi connectivity index (χ4n) is 1.27. The Labute approximate surface area is 90.7 Å². The Morgan fingerprint density at radius 1 is 1.43 bits per heavy atom. The topological polar surface area (TPSA) is 43.8 Å². The minimum Gasteiger partial charge on any atom is -0.326 e. The van der Waals surface area contributed by atoms with Crippen LogP contribution in [0.5, 0.6) is 0 Å². The summed E-state index contributed by atoms with van der Waals surface area (Å²) in [6, 6.07) is 7.90. The molecule has 0 fully saturated rings. The first-order valence-electron chi connectivity index (χ1n) is 4.30. The zero-order valence-electron chi connectivity index (χ0n) is 7.52. The maximum atomic E-state index is 5.57. The minimum absolute atomic E-state index is 0.542. The molecule has 0 amide bonds. The lowest BCUT2D eigenvalue weighted by Gasteiger charge is -2.05. The lowest BCUT2D eigenvalue weighted by atomic mass is 10.2. The molecule has 0 spiro atoms. The van der Waals surface area contributed by atoms with Crippen LogP contribution in [0.4, 0.5) is 0 Å². The maximum absolute atomic E-state index is 5.57. The van der Waals surface area contributed by atoms with E-state index in [-0.39, 0.29) is 0 Å². The minimum atomic E-state index is 0.542. The van der Waals surface area contributed by atoms with Crippen LogP contribution >= 0.6 is 15.9 Å². The highest BCUT2D eigenvalue weighted by molar-refractivity contribution is 9.10. The van der Waals surface area contributed by atoms with Gasteiger partial charge in [-0.25, -0.2) is 4.68 Å². The third kappa shape index (κ3) is 1.71. The third-order valence-corrected chi connectivity index (χ3v) is 2.76. The quantitative estimate of drug-likeness (QED) is 0.889. The van der Waals surface area contributed by atoms with Crippen LogP contribution in [0, 0.1) is 0 Å². The van der Waals surface area contributed by atoms with Crippen LogP contribution in [0.25, 0.3) is 5.69 Å². The summed E-state index contributed by atoms with van der Waals surface area (Å²) in [5.41, 5.74) is 7.69. The van der Waals surface area contributed by atoms with Gasteiger partial charge in [-0.2, -0.15) is 5.10 Å². The van der Waals surface area contributed by atoms with Crippen molar-refractivity contribution >= 4 is 15.9 Å². The lowest BCUT2D eigenvalue weighted by Crippen LogP contribution is -1.99. The largest absolute Gasteiger partial charge is 0.326 e. The molecule has 0 aliphatic carbocycles. The molecule has 0 bridgehead atoms. The first-order chi connectivity index (χ1) is 6.81. The number of nitrogens with two attached hydrogens (primary N) is 1. The highest BCUT2D eigenvalue weighted by atomic mass is 79.9. The van der Waals surface area contributed by atoms with Crippen molar-refractivity contribution in [2.75, 3.05) is 0 Å². The molecule has 72 valence electrons. The number of hydrogen-bond donors (Lipinski definition) is 1. The predicted octanol–water partition coefficient (Wildman–Crippen LogP) is 2.09. The fraction of sp³-hybridized carbons (Fsp3) is 0.100. The summed E-state index contributed by atoms with van der Waals surface area (Å²) in [7, 11) is 0. The fourth-order valence-corrected chi connectivity index (χ4v) is 1.79. The average Bonchev–Trinajstić information content (AvgIpc) is 2.70. The van der Waals surface area contributed by atoms with Crippen molar-refractivity contribution < 1.29 is 0 Å². The van der Waals surface area contributed by atoms with Crippen molar-refractivity contribution in [1.82, 2.24) is 9.78 Å². The second kappa shape index (κ2) is 3.94. The zero-order valence-corrected chi connectivity index (χ0v) is 9.11. The van der Waals surface area contributed by atoms with Crippen molar-refractivity contribution in [3.05, 3.63) is 46.7 Å². The van der Waals surface area contributed by atoms with Gasteiger partial charge in [0.1, 0.15) is 0 Å². The molecular weight excluding hydrogens is 242 g/mol. The SMILES string of the molecule is NCc1ccc(-n2cccn2)cc1Br. The van der Waals surface area contributed by atoms with E-state index in [0.29, 0.717) is 6.54 Å². The molecule has 2 rings (SSSR count). The van der Waals surface area contributed by atoms with E-state index in [1.165, 1.54) is 0 Å². The molecule has 4 heteroatoms. The standard InChI is InChI=1S/C10H10BrN3/c11-10-6-9(3-2-8(10)7-12)14-5-1-4-13-14/h1-6H,7,12H2. The molecule has 0 saturated carbocycles. The molecular formula is C10H10BrN3. The van der Waals surface area contributed by atoms with E-state index in [1.807, 2.05) is 35.1 Å². The third-order valence-electron chi connectivity index (χ3n) is 2.03. The van der Waals surface area contributed by atoms with Gasteiger partial charge in [-0.1, -0.05) is 22.0 Å². The molecule has 0 saturated heterocycles. The second-order valence-electron chi connectivity index (χ2n) is 2.93. The molecule has 14 heavy (non-hydrogen) atoms. The summed E-state index contributed by atoms with van der Waals surface area (Å²) in [5, 5.41) is 4.15. The van der Waals surface area contributed by atoms with Gasteiger partial charge in [0.05, 0.1) is 5.69 Å². The number of halogens is 1. The predicted molar refractivity (Wildman–Crippen MR) is 59.2 cm³/mol. The van der Waals surface area contributed by atoms with Gasteiger partial charge in [0, 0.05) is 23.4 Å². The molecule has 1 aromatic heterocycles. The normalized spacial score (nSPS) is 10.4. The van der Waals surface area contributed by atoms with Crippen molar-refractivity contribution in [1.29, 1.82) is 0 Å². The van der Waals surface area contributed by atoms with Crippen molar-refractivity contribution in [2.24, 2.45) is 5.73 Å². The number of hydrogen-bond acceptors (Lipinski definition) is 2. The lowest BCUT2D eigenvalue weighted by molar-refractivity contribution is 0.877. The van der Waals surface area contributed by atoms with Crippen LogP contribution in [0.2, 0.25) is 0 Å². The molecule has 1 aromatic carbocycles. The Morgan fingerprint density at radius 2 is 2.29 bits per heavy atom. The summed E-state index contributed by atoms with van der Waals surface area (Å²) < 4.78 is 2.83. The summed E-state index contributed by atoms with van der Waals surface area (Å²) in [4.78, 5) is 0. The molecule has 2 N–H and O–H groups in total. The van der Waals surface area contributed by atoms with Crippen LogP contribution in [0.15, 0.2) is 41.1 Å². The van der Waals surface area contributed by atoms with E-state index in [4.69, 9.17) is 5.73 Å². The van der Waals surface area contributed by atoms with Gasteiger partial charge in [-0.15, -0.1) is 0 Å². The van der Waals surface area contributed by atoms with E-state index in [9.17, 15) is 0 Å². The Balaban J connectivity index is 2.43. The first-order valence-corrected chi connectivity index (χ1v) is 5.09. The van der Waals surface area contributed by atoms with Gasteiger partial charge < -0.3 is 5.73 Å². The van der Waals surface area contributed by atoms with Gasteiger partial charge in [0.25, 0.3) is 0 Å². The molecule has 0 aliphatic heterocycles. The van der Waals surface area contributed by atoms with E-state index >= 15 is 0 Å². The summed E-state index contributed by atoms with van der Waals surface area (Å²) in [5.74, 6) is 0. The molecule has 1 heterocycles. The highest BCUT2D eigenvalue weighted by Gasteiger charge is 2.01. The summed E-state index contributed by atoms with van der Waals surface area (Å²) >= 11 is 3.47. The summed E-state index contributed by atoms with van der Waals surface area (Å²) in [6.45, 7) is 0.542. The Hall–Kier alpha value is -1.13. The van der Waals surface area contributed by atoms with Crippen LogP contribution in [0.1, 0.15) is 5.56 Å². The van der Waals surface area contributed by atoms with E-state index in [2.05, 4.69) is 21.0 Å². The van der Waals surface area contributed by atoms with E-state index in [0.717, 1.165) is 15.7 Å². The van der Waals surface area contributed by atoms with Gasteiger partial charge in [-0.3, -0.25) is 0 Å². The zero-order chi connectivity index (χ0) is 9.97. The molecule has 0 aliphatic rings. The van der Waals surface area contributed by atoms with Crippen LogP contribution in [0.3, 0.4) is 0 Å². The van der Waals surface area contributed by atoms with Gasteiger partial charge in [-0.05, 0) is 23.8 Å². The molecule has 0 atom stereocenters. The van der Waals surface area contributed by atoms with Crippen LogP contribution < -0.4 is 5.73 Å². The van der Waals surface area contributed by atoms with E-state index in [1.54, 1.807) is 6.20 Å². The van der Waals surface area contributed by atoms with Gasteiger partial charge in [0.2, 0.25) is 0 Å². The Bertz CT molecular complexity index is 423. The second-order valence-corrected chi connectivity index (χ2v) is 3.78. The maximum Gasteiger partial charge on any atom is 0.0656 e. The number of rotatable bonds is 2. The highest BCUT2D eigenvalue weighted by Crippen LogP contribution is 2.19. The Morgan fingerprint density at radius 3 is 2.86 bits per heavy atom. The van der Waals surface area contributed by atoms with E-state index < -0.39 is 0 Å². The number of benzene rings is 1.